The average molecular weight is 499 g/mol. The third kappa shape index (κ3) is 16.3. The second kappa shape index (κ2) is 19.9. The van der Waals surface area contributed by atoms with E-state index in [0.29, 0.717) is 0 Å². The number of aryl methyl sites for hydroxylation is 4. The molecule has 0 amide bonds. The van der Waals surface area contributed by atoms with Gasteiger partial charge in [-0.1, -0.05) is 104 Å². The number of carbonyl (C=O) groups is 2. The number of rotatable bonds is 4. The first-order chi connectivity index (χ1) is 17.0. The van der Waals surface area contributed by atoms with Crippen molar-refractivity contribution in [2.24, 2.45) is 0 Å². The summed E-state index contributed by atoms with van der Waals surface area (Å²) in [6.07, 6.45) is 3.14. The normalized spacial score (nSPS) is 9.36. The van der Waals surface area contributed by atoms with E-state index in [9.17, 15) is 8.78 Å². The van der Waals surface area contributed by atoms with Gasteiger partial charge in [-0.05, 0) is 63.3 Å². The van der Waals surface area contributed by atoms with Crippen LogP contribution >= 0.6 is 0 Å². The molecule has 3 aromatic carbocycles. The molecule has 0 aromatic heterocycles. The van der Waals surface area contributed by atoms with Gasteiger partial charge in [0.15, 0.2) is 0 Å². The van der Waals surface area contributed by atoms with Crippen LogP contribution in [0.5, 0.6) is 0 Å². The molecule has 2 nitrogen and oxygen atoms in total. The van der Waals surface area contributed by atoms with E-state index < -0.39 is 5.92 Å². The van der Waals surface area contributed by atoms with Crippen molar-refractivity contribution in [2.75, 3.05) is 0 Å². The molecule has 0 saturated heterocycles. The molecule has 3 aromatic rings. The van der Waals surface area contributed by atoms with Crippen molar-refractivity contribution in [1.29, 1.82) is 0 Å². The highest BCUT2D eigenvalue weighted by atomic mass is 19.3. The van der Waals surface area contributed by atoms with Crippen molar-refractivity contribution in [3.8, 4) is 0 Å². The Morgan fingerprint density at radius 2 is 1.39 bits per heavy atom. The molecule has 0 saturated carbocycles. The number of alkyl halides is 2. The Morgan fingerprint density at radius 3 is 1.69 bits per heavy atom. The molecule has 0 aliphatic carbocycles. The summed E-state index contributed by atoms with van der Waals surface area (Å²) in [6.45, 7) is 18.5. The lowest BCUT2D eigenvalue weighted by molar-refractivity contribution is -0.106. The molecule has 0 fully saturated rings. The summed E-state index contributed by atoms with van der Waals surface area (Å²) in [7, 11) is 0. The lowest BCUT2D eigenvalue weighted by Crippen LogP contribution is -2.06. The molecule has 0 heterocycles. The van der Waals surface area contributed by atoms with E-state index in [1.807, 2.05) is 13.7 Å². The van der Waals surface area contributed by atoms with Gasteiger partial charge in [0.1, 0.15) is 13.1 Å². The Labute approximate surface area is 218 Å². The van der Waals surface area contributed by atoms with Crippen molar-refractivity contribution in [1.82, 2.24) is 0 Å². The van der Waals surface area contributed by atoms with Gasteiger partial charge in [-0.2, -0.15) is 0 Å². The zero-order valence-corrected chi connectivity index (χ0v) is 22.9. The predicted octanol–water partition coefficient (Wildman–Crippen LogP) is 9.35. The van der Waals surface area contributed by atoms with Crippen LogP contribution in [0, 0.1) is 20.8 Å². The number of aldehydes is 1. The van der Waals surface area contributed by atoms with Crippen LogP contribution in [0.25, 0.3) is 5.57 Å². The molecule has 0 N–H and O–H groups in total. The largest absolute Gasteiger partial charge is 0.307 e. The molecule has 198 valence electrons. The summed E-state index contributed by atoms with van der Waals surface area (Å²) < 4.78 is 25.3. The Balaban J connectivity index is -0.000000431. The summed E-state index contributed by atoms with van der Waals surface area (Å²) in [4.78, 5) is 16.8. The van der Waals surface area contributed by atoms with E-state index >= 15 is 0 Å². The second-order valence-corrected chi connectivity index (χ2v) is 8.31. The van der Waals surface area contributed by atoms with Crippen LogP contribution in [0.15, 0.2) is 79.4 Å². The minimum absolute atomic E-state index is 0. The lowest BCUT2D eigenvalue weighted by atomic mass is 10.0. The highest BCUT2D eigenvalue weighted by Crippen LogP contribution is 2.26. The fraction of sp³-hybridized carbons (Fsp3) is 0.312. The standard InChI is InChI=1S/C12H16.C9H10F2.C8H10.C2H4O.CH2O.H2/c1-4-5-11-6-8-12(9-7-11)10(2)3;1-7-4-3-5-8(6-7)9(2,10)11;1-7-5-3-4-6-8(7)2;1-2-3;1-2;/h6-9H,2,4-5H2,1,3H3;3-6H,1-2H3;3-6H,1-2H3;2H,1H3;1H2;1H. The van der Waals surface area contributed by atoms with Crippen LogP contribution < -0.4 is 0 Å². The van der Waals surface area contributed by atoms with Gasteiger partial charge >= 0.3 is 0 Å². The Kier molecular flexibility index (Phi) is 19.2. The van der Waals surface area contributed by atoms with E-state index in [1.54, 1.807) is 19.1 Å². The smallest absolute Gasteiger partial charge is 0.270 e. The maximum atomic E-state index is 12.6. The van der Waals surface area contributed by atoms with E-state index in [-0.39, 0.29) is 6.99 Å². The molecule has 0 aliphatic heterocycles. The molecule has 0 radical (unpaired) electrons. The number of benzene rings is 3. The van der Waals surface area contributed by atoms with Crippen molar-refractivity contribution < 1.29 is 19.8 Å². The number of allylic oxidation sites excluding steroid dienone is 1. The molecule has 0 aliphatic rings. The Bertz CT molecular complexity index is 989. The molecule has 0 spiro atoms. The highest BCUT2D eigenvalue weighted by Gasteiger charge is 2.23. The number of hydrogen-bond acceptors (Lipinski definition) is 2. The summed E-state index contributed by atoms with van der Waals surface area (Å²) in [5, 5.41) is 0. The van der Waals surface area contributed by atoms with E-state index in [0.717, 1.165) is 24.3 Å². The lowest BCUT2D eigenvalue weighted by Gasteiger charge is -2.10. The van der Waals surface area contributed by atoms with Gasteiger partial charge in [0.05, 0.1) is 0 Å². The maximum Gasteiger partial charge on any atom is 0.270 e. The minimum Gasteiger partial charge on any atom is -0.307 e. The summed E-state index contributed by atoms with van der Waals surface area (Å²) in [6, 6.07) is 23.4. The van der Waals surface area contributed by atoms with Crippen molar-refractivity contribution in [3.63, 3.8) is 0 Å². The zero-order chi connectivity index (χ0) is 28.1. The molecule has 0 atom stereocenters. The van der Waals surface area contributed by atoms with Crippen molar-refractivity contribution >= 4 is 18.6 Å². The monoisotopic (exact) mass is 498 g/mol. The third-order valence-electron chi connectivity index (χ3n) is 4.94. The topological polar surface area (TPSA) is 34.1 Å². The summed E-state index contributed by atoms with van der Waals surface area (Å²) in [5.41, 5.74) is 7.48. The quantitative estimate of drug-likeness (QED) is 0.336. The average Bonchev–Trinajstić information content (AvgIpc) is 2.84. The Hall–Kier alpha value is -3.40. The number of halogens is 2. The predicted molar refractivity (Wildman–Crippen MR) is 153 cm³/mol. The van der Waals surface area contributed by atoms with Crippen LogP contribution in [0.2, 0.25) is 0 Å². The first-order valence-corrected chi connectivity index (χ1v) is 11.9. The molecule has 0 bridgehead atoms. The number of carbonyl (C=O) groups excluding carboxylic acids is 2. The Morgan fingerprint density at radius 1 is 0.917 bits per heavy atom. The fourth-order valence-corrected chi connectivity index (χ4v) is 2.83. The third-order valence-corrected chi connectivity index (χ3v) is 4.94. The molecule has 4 heteroatoms. The van der Waals surface area contributed by atoms with Gasteiger partial charge in [-0.15, -0.1) is 0 Å². The van der Waals surface area contributed by atoms with Crippen molar-refractivity contribution in [2.45, 2.75) is 67.2 Å². The van der Waals surface area contributed by atoms with Gasteiger partial charge < -0.3 is 9.59 Å². The maximum absolute atomic E-state index is 12.6. The van der Waals surface area contributed by atoms with Crippen molar-refractivity contribution in [3.05, 3.63) is 113 Å². The molecule has 3 rings (SSSR count). The van der Waals surface area contributed by atoms with Crippen LogP contribution in [0.4, 0.5) is 8.78 Å². The van der Waals surface area contributed by atoms with Gasteiger partial charge in [-0.25, -0.2) is 8.78 Å². The van der Waals surface area contributed by atoms with Gasteiger partial charge in [0.2, 0.25) is 0 Å². The van der Waals surface area contributed by atoms with Gasteiger partial charge in [0.25, 0.3) is 5.92 Å². The van der Waals surface area contributed by atoms with Gasteiger partial charge in [0, 0.05) is 13.9 Å². The summed E-state index contributed by atoms with van der Waals surface area (Å²) in [5.74, 6) is -2.72. The van der Waals surface area contributed by atoms with E-state index in [4.69, 9.17) is 9.59 Å². The molecular weight excluding hydrogens is 454 g/mol. The van der Waals surface area contributed by atoms with Crippen LogP contribution in [0.3, 0.4) is 0 Å². The number of hydrogen-bond donors (Lipinski definition) is 0. The van der Waals surface area contributed by atoms with Crippen LogP contribution in [-0.2, 0) is 21.9 Å². The highest BCUT2D eigenvalue weighted by molar-refractivity contribution is 5.61. The van der Waals surface area contributed by atoms with Crippen LogP contribution in [-0.4, -0.2) is 13.1 Å². The fourth-order valence-electron chi connectivity index (χ4n) is 2.83. The molecule has 0 unspecified atom stereocenters. The minimum atomic E-state index is -2.72. The first kappa shape index (κ1) is 34.8. The summed E-state index contributed by atoms with van der Waals surface area (Å²) >= 11 is 0. The van der Waals surface area contributed by atoms with Crippen LogP contribution in [0.1, 0.15) is 68.9 Å². The van der Waals surface area contributed by atoms with E-state index in [1.165, 1.54) is 54.2 Å². The second-order valence-electron chi connectivity index (χ2n) is 8.31. The SMILES string of the molecule is C=C(C)c1ccc(CCC)cc1.C=O.CC=O.Cc1cccc(C(C)(F)F)c1.Cc1ccccc1C.[HH]. The van der Waals surface area contributed by atoms with Gasteiger partial charge in [-0.3, -0.25) is 0 Å². The molecule has 36 heavy (non-hydrogen) atoms. The first-order valence-electron chi connectivity index (χ1n) is 11.9. The van der Waals surface area contributed by atoms with E-state index in [2.05, 4.69) is 75.9 Å². The molecular formula is C32H44F2O2. The zero-order valence-electron chi connectivity index (χ0n) is 22.9.